The Balaban J connectivity index is 1.78. The Morgan fingerprint density at radius 3 is 2.52 bits per heavy atom. The molecule has 0 aliphatic heterocycles. The van der Waals surface area contributed by atoms with Gasteiger partial charge in [-0.25, -0.2) is 0 Å². The van der Waals surface area contributed by atoms with Crippen molar-refractivity contribution >= 4 is 39.3 Å². The lowest BCUT2D eigenvalue weighted by Crippen LogP contribution is -2.15. The van der Waals surface area contributed by atoms with Crippen LogP contribution < -0.4 is 5.32 Å². The lowest BCUT2D eigenvalue weighted by atomic mass is 10.2. The van der Waals surface area contributed by atoms with Crippen molar-refractivity contribution in [3.63, 3.8) is 0 Å². The molecule has 3 rings (SSSR count). The number of hydrogen-bond donors (Lipinski definition) is 1. The Labute approximate surface area is 158 Å². The monoisotopic (exact) mass is 421 g/mol. The summed E-state index contributed by atoms with van der Waals surface area (Å²) in [6.07, 6.45) is 1.83. The number of rotatable bonds is 4. The minimum absolute atomic E-state index is 0.222. The fourth-order valence-corrected chi connectivity index (χ4v) is 3.15. The third-order valence-electron chi connectivity index (χ3n) is 3.94. The fourth-order valence-electron chi connectivity index (χ4n) is 2.61. The number of benzene rings is 1. The predicted molar refractivity (Wildman–Crippen MR) is 101 cm³/mol. The summed E-state index contributed by atoms with van der Waals surface area (Å²) >= 11 is 9.35. The summed E-state index contributed by atoms with van der Waals surface area (Å²) in [7, 11) is 1.82. The van der Waals surface area contributed by atoms with Gasteiger partial charge in [-0.1, -0.05) is 23.7 Å². The molecule has 3 aromatic rings. The Morgan fingerprint density at radius 2 is 1.92 bits per heavy atom. The van der Waals surface area contributed by atoms with E-state index in [1.807, 2.05) is 51.4 Å². The summed E-state index contributed by atoms with van der Waals surface area (Å²) in [5.41, 5.74) is 3.14. The molecule has 6 nitrogen and oxygen atoms in total. The van der Waals surface area contributed by atoms with Crippen molar-refractivity contribution in [2.75, 3.05) is 5.32 Å². The molecule has 0 spiro atoms. The number of hydrogen-bond acceptors (Lipinski definition) is 3. The van der Waals surface area contributed by atoms with Gasteiger partial charge in [-0.15, -0.1) is 0 Å². The number of aryl methyl sites for hydroxylation is 2. The molecule has 25 heavy (non-hydrogen) atoms. The molecule has 1 N–H and O–H groups in total. The SMILES string of the molecule is Cc1nn(C)c(C)c1C(=O)Nc1nn(Cc2ccc(Cl)cc2)cc1Br. The molecule has 0 aliphatic rings. The second-order valence-corrected chi connectivity index (χ2v) is 7.06. The summed E-state index contributed by atoms with van der Waals surface area (Å²) in [4.78, 5) is 12.6. The quantitative estimate of drug-likeness (QED) is 0.692. The maximum Gasteiger partial charge on any atom is 0.260 e. The molecule has 0 radical (unpaired) electrons. The van der Waals surface area contributed by atoms with Gasteiger partial charge in [-0.2, -0.15) is 10.2 Å². The molecule has 0 saturated heterocycles. The van der Waals surface area contributed by atoms with Crippen LogP contribution in [0.1, 0.15) is 27.3 Å². The molecule has 0 unspecified atom stereocenters. The highest BCUT2D eigenvalue weighted by molar-refractivity contribution is 9.10. The van der Waals surface area contributed by atoms with E-state index in [-0.39, 0.29) is 5.91 Å². The molecular weight excluding hydrogens is 406 g/mol. The van der Waals surface area contributed by atoms with Crippen molar-refractivity contribution < 1.29 is 4.79 Å². The van der Waals surface area contributed by atoms with Gasteiger partial charge in [0.1, 0.15) is 0 Å². The Morgan fingerprint density at radius 1 is 1.24 bits per heavy atom. The van der Waals surface area contributed by atoms with Crippen molar-refractivity contribution in [1.82, 2.24) is 19.6 Å². The van der Waals surface area contributed by atoms with Crippen molar-refractivity contribution in [2.24, 2.45) is 7.05 Å². The highest BCUT2D eigenvalue weighted by atomic mass is 79.9. The molecule has 0 aliphatic carbocycles. The molecule has 0 bridgehead atoms. The van der Waals surface area contributed by atoms with E-state index in [0.717, 1.165) is 11.3 Å². The van der Waals surface area contributed by atoms with Crippen LogP contribution in [0.25, 0.3) is 0 Å². The number of halogens is 2. The third-order valence-corrected chi connectivity index (χ3v) is 4.78. The number of nitrogens with zero attached hydrogens (tertiary/aromatic N) is 4. The molecule has 2 heterocycles. The molecule has 8 heteroatoms. The predicted octanol–water partition coefficient (Wildman–Crippen LogP) is 3.95. The summed E-state index contributed by atoms with van der Waals surface area (Å²) in [6, 6.07) is 7.56. The third kappa shape index (κ3) is 3.77. The van der Waals surface area contributed by atoms with E-state index in [1.54, 1.807) is 9.36 Å². The number of carbonyl (C=O) groups is 1. The van der Waals surface area contributed by atoms with E-state index in [4.69, 9.17) is 11.6 Å². The average Bonchev–Trinajstić information content (AvgIpc) is 3.01. The molecule has 1 aromatic carbocycles. The number of carbonyl (C=O) groups excluding carboxylic acids is 1. The Kier molecular flexibility index (Phi) is 4.96. The van der Waals surface area contributed by atoms with Crippen LogP contribution in [0.2, 0.25) is 5.02 Å². The minimum Gasteiger partial charge on any atom is -0.304 e. The van der Waals surface area contributed by atoms with Gasteiger partial charge in [-0.05, 0) is 47.5 Å². The van der Waals surface area contributed by atoms with Crippen LogP contribution in [-0.4, -0.2) is 25.5 Å². The largest absolute Gasteiger partial charge is 0.304 e. The minimum atomic E-state index is -0.222. The maximum atomic E-state index is 12.6. The van der Waals surface area contributed by atoms with E-state index < -0.39 is 0 Å². The van der Waals surface area contributed by atoms with Crippen LogP contribution in [0.15, 0.2) is 34.9 Å². The van der Waals surface area contributed by atoms with E-state index in [2.05, 4.69) is 31.4 Å². The Bertz CT molecular complexity index is 929. The summed E-state index contributed by atoms with van der Waals surface area (Å²) < 4.78 is 4.17. The molecule has 0 fully saturated rings. The topological polar surface area (TPSA) is 64.7 Å². The summed E-state index contributed by atoms with van der Waals surface area (Å²) in [5.74, 6) is 0.252. The van der Waals surface area contributed by atoms with Gasteiger partial charge in [-0.3, -0.25) is 14.2 Å². The first-order valence-corrected chi connectivity index (χ1v) is 8.81. The second-order valence-electron chi connectivity index (χ2n) is 5.77. The highest BCUT2D eigenvalue weighted by Gasteiger charge is 2.19. The number of aromatic nitrogens is 4. The van der Waals surface area contributed by atoms with E-state index >= 15 is 0 Å². The molecular formula is C17H17BrClN5O. The first-order valence-electron chi connectivity index (χ1n) is 7.64. The van der Waals surface area contributed by atoms with Crippen LogP contribution in [0, 0.1) is 13.8 Å². The fraction of sp³-hybridized carbons (Fsp3) is 0.235. The van der Waals surface area contributed by atoms with Crippen molar-refractivity contribution in [3.8, 4) is 0 Å². The normalized spacial score (nSPS) is 10.9. The van der Waals surface area contributed by atoms with Crippen LogP contribution in [-0.2, 0) is 13.6 Å². The van der Waals surface area contributed by atoms with E-state index in [1.165, 1.54) is 0 Å². The van der Waals surface area contributed by atoms with Gasteiger partial charge in [0, 0.05) is 24.0 Å². The summed E-state index contributed by atoms with van der Waals surface area (Å²) in [5, 5.41) is 12.2. The number of anilines is 1. The lowest BCUT2D eigenvalue weighted by Gasteiger charge is -2.04. The molecule has 1 amide bonds. The Hall–Kier alpha value is -2.12. The lowest BCUT2D eigenvalue weighted by molar-refractivity contribution is 0.102. The first-order chi connectivity index (χ1) is 11.8. The van der Waals surface area contributed by atoms with E-state index in [9.17, 15) is 4.79 Å². The van der Waals surface area contributed by atoms with Gasteiger partial charge in [0.2, 0.25) is 0 Å². The highest BCUT2D eigenvalue weighted by Crippen LogP contribution is 2.23. The van der Waals surface area contributed by atoms with Gasteiger partial charge >= 0.3 is 0 Å². The van der Waals surface area contributed by atoms with Gasteiger partial charge in [0.25, 0.3) is 5.91 Å². The van der Waals surface area contributed by atoms with Crippen molar-refractivity contribution in [3.05, 3.63) is 62.5 Å². The smallest absolute Gasteiger partial charge is 0.260 e. The zero-order chi connectivity index (χ0) is 18.1. The van der Waals surface area contributed by atoms with Crippen LogP contribution >= 0.6 is 27.5 Å². The second kappa shape index (κ2) is 7.01. The maximum absolute atomic E-state index is 12.6. The zero-order valence-electron chi connectivity index (χ0n) is 14.0. The number of amides is 1. The van der Waals surface area contributed by atoms with Crippen molar-refractivity contribution in [2.45, 2.75) is 20.4 Å². The number of nitrogens with one attached hydrogen (secondary N) is 1. The first kappa shape index (κ1) is 17.7. The zero-order valence-corrected chi connectivity index (χ0v) is 16.4. The van der Waals surface area contributed by atoms with Crippen LogP contribution in [0.5, 0.6) is 0 Å². The van der Waals surface area contributed by atoms with Crippen molar-refractivity contribution in [1.29, 1.82) is 0 Å². The molecule has 0 saturated carbocycles. The van der Waals surface area contributed by atoms with Crippen LogP contribution in [0.3, 0.4) is 0 Å². The van der Waals surface area contributed by atoms with Gasteiger partial charge < -0.3 is 5.32 Å². The van der Waals surface area contributed by atoms with Crippen LogP contribution in [0.4, 0.5) is 5.82 Å². The average molecular weight is 423 g/mol. The molecule has 130 valence electrons. The molecule has 2 aromatic heterocycles. The standard InChI is InChI=1S/C17H17BrClN5O/c1-10-15(11(2)23(3)21-10)17(25)20-16-14(18)9-24(22-16)8-12-4-6-13(19)7-5-12/h4-7,9H,8H2,1-3H3,(H,20,22,25). The van der Waals surface area contributed by atoms with Gasteiger partial charge in [0.05, 0.1) is 22.3 Å². The summed E-state index contributed by atoms with van der Waals surface area (Å²) in [6.45, 7) is 4.26. The molecule has 0 atom stereocenters. The van der Waals surface area contributed by atoms with Gasteiger partial charge in [0.15, 0.2) is 5.82 Å². The van der Waals surface area contributed by atoms with E-state index in [0.29, 0.717) is 33.1 Å².